The van der Waals surface area contributed by atoms with Crippen LogP contribution in [0, 0.1) is 0 Å². The maximum Gasteiger partial charge on any atom is 0.0820 e. The zero-order chi connectivity index (χ0) is 41.9. The van der Waals surface area contributed by atoms with Crippen LogP contribution in [-0.4, -0.2) is 4.57 Å². The van der Waals surface area contributed by atoms with Crippen molar-refractivity contribution in [2.75, 3.05) is 4.90 Å². The largest absolute Gasteiger partial charge is 0.310 e. The molecular weight excluding hydrogens is 793 g/mol. The molecule has 2 aliphatic rings. The Morgan fingerprint density at radius 1 is 0.391 bits per heavy atom. The van der Waals surface area contributed by atoms with Crippen LogP contribution in [0.15, 0.2) is 231 Å². The average molecular weight is 831 g/mol. The normalized spacial score (nSPS) is 14.6. The van der Waals surface area contributed by atoms with Gasteiger partial charge in [0.05, 0.1) is 22.1 Å². The smallest absolute Gasteiger partial charge is 0.0820 e. The Morgan fingerprint density at radius 2 is 1.00 bits per heavy atom. The first-order valence-electron chi connectivity index (χ1n) is 22.1. The van der Waals surface area contributed by atoms with Gasteiger partial charge in [0.1, 0.15) is 0 Å². The van der Waals surface area contributed by atoms with Crippen molar-refractivity contribution in [2.45, 2.75) is 5.41 Å². The van der Waals surface area contributed by atoms with E-state index in [2.05, 4.69) is 240 Å². The van der Waals surface area contributed by atoms with Gasteiger partial charge in [-0.1, -0.05) is 164 Å². The highest BCUT2D eigenvalue weighted by atomic mass is 32.1. The summed E-state index contributed by atoms with van der Waals surface area (Å²) in [6.07, 6.45) is 0. The topological polar surface area (TPSA) is 8.17 Å². The Kier molecular flexibility index (Phi) is 7.51. The van der Waals surface area contributed by atoms with Crippen LogP contribution < -0.4 is 4.90 Å². The molecule has 1 spiro atoms. The lowest BCUT2D eigenvalue weighted by Crippen LogP contribution is -2.25. The first-order chi connectivity index (χ1) is 31.8. The molecule has 0 radical (unpaired) electrons. The van der Waals surface area contributed by atoms with Crippen molar-refractivity contribution in [2.24, 2.45) is 0 Å². The van der Waals surface area contributed by atoms with Crippen molar-refractivity contribution in [1.82, 2.24) is 4.57 Å². The molecular formula is C61H38N2S. The summed E-state index contributed by atoms with van der Waals surface area (Å²) in [6.45, 7) is 0. The Balaban J connectivity index is 0.999. The summed E-state index contributed by atoms with van der Waals surface area (Å²) in [5.74, 6) is 0. The molecule has 1 unspecified atom stereocenters. The summed E-state index contributed by atoms with van der Waals surface area (Å²) < 4.78 is 3.72. The van der Waals surface area contributed by atoms with Crippen molar-refractivity contribution in [3.8, 4) is 39.1 Å². The molecule has 12 aromatic rings. The molecule has 0 fully saturated rings. The minimum Gasteiger partial charge on any atom is -0.310 e. The van der Waals surface area contributed by atoms with Crippen LogP contribution in [0.5, 0.6) is 0 Å². The summed E-state index contributed by atoms with van der Waals surface area (Å²) >= 11 is 1.96. The van der Waals surface area contributed by atoms with E-state index in [-0.39, 0.29) is 0 Å². The van der Waals surface area contributed by atoms with Crippen LogP contribution in [-0.2, 0) is 5.41 Å². The first kappa shape index (κ1) is 35.6. The third-order valence-electron chi connectivity index (χ3n) is 14.0. The highest BCUT2D eigenvalue weighted by Gasteiger charge is 2.53. The molecule has 10 aromatic carbocycles. The third kappa shape index (κ3) is 4.85. The van der Waals surface area contributed by atoms with E-state index in [1.165, 1.54) is 97.6 Å². The number of thiophene rings is 1. The van der Waals surface area contributed by atoms with Gasteiger partial charge >= 0.3 is 0 Å². The molecule has 14 rings (SSSR count). The molecule has 2 nitrogen and oxygen atoms in total. The van der Waals surface area contributed by atoms with Gasteiger partial charge in [0, 0.05) is 53.7 Å². The van der Waals surface area contributed by atoms with Crippen molar-refractivity contribution >= 4 is 71.1 Å². The second-order valence-electron chi connectivity index (χ2n) is 17.2. The highest BCUT2D eigenvalue weighted by Crippen LogP contribution is 2.67. The van der Waals surface area contributed by atoms with Gasteiger partial charge in [0.25, 0.3) is 0 Å². The van der Waals surface area contributed by atoms with Gasteiger partial charge in [-0.05, 0) is 117 Å². The van der Waals surface area contributed by atoms with E-state index in [4.69, 9.17) is 0 Å². The van der Waals surface area contributed by atoms with E-state index in [9.17, 15) is 0 Å². The van der Waals surface area contributed by atoms with Gasteiger partial charge in [0.15, 0.2) is 0 Å². The highest BCUT2D eigenvalue weighted by molar-refractivity contribution is 7.20. The summed E-state index contributed by atoms with van der Waals surface area (Å²) in [5, 5.41) is 6.32. The fourth-order valence-electron chi connectivity index (χ4n) is 11.3. The quantitative estimate of drug-likeness (QED) is 0.168. The molecule has 64 heavy (non-hydrogen) atoms. The predicted molar refractivity (Wildman–Crippen MR) is 270 cm³/mol. The molecule has 0 bridgehead atoms. The third-order valence-corrected chi connectivity index (χ3v) is 15.3. The molecule has 2 aliphatic carbocycles. The number of anilines is 3. The van der Waals surface area contributed by atoms with E-state index in [0.717, 1.165) is 22.7 Å². The Bertz CT molecular complexity index is 3800. The van der Waals surface area contributed by atoms with E-state index in [1.54, 1.807) is 0 Å². The van der Waals surface area contributed by atoms with Gasteiger partial charge in [-0.3, -0.25) is 0 Å². The Labute approximate surface area is 375 Å². The predicted octanol–water partition coefficient (Wildman–Crippen LogP) is 16.6. The van der Waals surface area contributed by atoms with Crippen LogP contribution in [0.25, 0.3) is 81.7 Å². The number of aromatic nitrogens is 1. The maximum absolute atomic E-state index is 2.52. The van der Waals surface area contributed by atoms with Crippen LogP contribution >= 0.6 is 11.3 Å². The van der Waals surface area contributed by atoms with Crippen molar-refractivity contribution in [1.29, 1.82) is 0 Å². The average Bonchev–Trinajstić information content (AvgIpc) is 4.08. The van der Waals surface area contributed by atoms with Gasteiger partial charge in [-0.25, -0.2) is 0 Å². The van der Waals surface area contributed by atoms with Gasteiger partial charge in [-0.15, -0.1) is 11.3 Å². The van der Waals surface area contributed by atoms with Crippen molar-refractivity contribution < 1.29 is 0 Å². The second-order valence-corrected chi connectivity index (χ2v) is 18.2. The number of hydrogen-bond donors (Lipinski definition) is 0. The van der Waals surface area contributed by atoms with Gasteiger partial charge in [-0.2, -0.15) is 0 Å². The molecule has 1 atom stereocenters. The lowest BCUT2D eigenvalue weighted by Gasteiger charge is -2.32. The minimum atomic E-state index is -0.518. The molecule has 0 saturated carbocycles. The Morgan fingerprint density at radius 3 is 1.81 bits per heavy atom. The summed E-state index contributed by atoms with van der Waals surface area (Å²) in [7, 11) is 0. The number of rotatable bonds is 5. The fraction of sp³-hybridized carbons (Fsp3) is 0.0164. The molecule has 0 saturated heterocycles. The molecule has 2 aromatic heterocycles. The van der Waals surface area contributed by atoms with Crippen molar-refractivity contribution in [3.63, 3.8) is 0 Å². The number of para-hydroxylation sites is 3. The zero-order valence-corrected chi connectivity index (χ0v) is 35.6. The second kappa shape index (κ2) is 13.5. The summed E-state index contributed by atoms with van der Waals surface area (Å²) in [5.41, 5.74) is 18.3. The monoisotopic (exact) mass is 830 g/mol. The van der Waals surface area contributed by atoms with E-state index < -0.39 is 5.41 Å². The van der Waals surface area contributed by atoms with E-state index >= 15 is 0 Å². The standard InChI is InChI=1S/C61H38N2S/c1-2-17-42(18-3-1)62(55-27-14-16-40-15-4-5-19-45(40)55)44-34-36-50-54(38-44)61(60-59(50)51-23-9-13-28-58(51)64-60)52-24-10-6-20-46(52)47-35-31-41(37-53(47)61)39-29-32-43(33-30-39)63-56-25-11-7-21-48(56)49-22-8-12-26-57(49)63/h1-38H. The maximum atomic E-state index is 2.52. The molecule has 298 valence electrons. The molecule has 0 aliphatic heterocycles. The number of hydrogen-bond acceptors (Lipinski definition) is 2. The van der Waals surface area contributed by atoms with E-state index in [0.29, 0.717) is 0 Å². The number of nitrogens with zero attached hydrogens (tertiary/aromatic N) is 2. The fourth-order valence-corrected chi connectivity index (χ4v) is 12.8. The molecule has 2 heterocycles. The molecule has 0 amide bonds. The molecule has 3 heteroatoms. The lowest BCUT2D eigenvalue weighted by molar-refractivity contribution is 0.812. The summed E-state index contributed by atoms with van der Waals surface area (Å²) in [4.78, 5) is 3.86. The van der Waals surface area contributed by atoms with Gasteiger partial charge < -0.3 is 9.47 Å². The zero-order valence-electron chi connectivity index (χ0n) is 34.7. The van der Waals surface area contributed by atoms with Gasteiger partial charge in [0.2, 0.25) is 0 Å². The first-order valence-corrected chi connectivity index (χ1v) is 22.9. The molecule has 0 N–H and O–H groups in total. The van der Waals surface area contributed by atoms with E-state index in [1.807, 2.05) is 11.3 Å². The lowest BCUT2D eigenvalue weighted by atomic mass is 9.73. The van der Waals surface area contributed by atoms with Crippen LogP contribution in [0.2, 0.25) is 0 Å². The van der Waals surface area contributed by atoms with Crippen molar-refractivity contribution in [3.05, 3.63) is 252 Å². The Hall–Kier alpha value is -7.98. The number of fused-ring (bicyclic) bond motifs is 16. The van der Waals surface area contributed by atoms with Crippen LogP contribution in [0.3, 0.4) is 0 Å². The summed E-state index contributed by atoms with van der Waals surface area (Å²) in [6, 6.07) is 85.6. The SMILES string of the molecule is c1ccc(N(c2ccc3c(c2)C2(c4ccccc4-c4ccc(-c5ccc(-n6c7ccccc7c7ccccc76)cc5)cc42)c2sc4ccccc4c2-3)c2cccc3ccccc23)cc1. The van der Waals surface area contributed by atoms with Crippen LogP contribution in [0.1, 0.15) is 21.6 Å². The van der Waals surface area contributed by atoms with Crippen LogP contribution in [0.4, 0.5) is 17.1 Å². The number of benzene rings is 10. The minimum absolute atomic E-state index is 0.518.